The van der Waals surface area contributed by atoms with Crippen LogP contribution in [0, 0.1) is 11.8 Å². The minimum atomic E-state index is -0.120. The van der Waals surface area contributed by atoms with E-state index < -0.39 is 0 Å². The number of hydrogen-bond donors (Lipinski definition) is 0. The fourth-order valence-corrected chi connectivity index (χ4v) is 4.99. The molecule has 1 fully saturated rings. The Balaban J connectivity index is 1.63. The highest BCUT2D eigenvalue weighted by Gasteiger charge is 2.29. The van der Waals surface area contributed by atoms with Crippen molar-refractivity contribution in [1.29, 1.82) is 0 Å². The van der Waals surface area contributed by atoms with Crippen molar-refractivity contribution in [2.45, 2.75) is 45.7 Å². The molecule has 1 saturated carbocycles. The standard InChI is InChI=1S/C26H27N3O2/c1-17-7-6-10-24(18(17)2)29-14-12-23-21(26(29)31)15-20-22(27-23)11-13-28(25(20)30)16-19-8-4-3-5-9-19/h3-5,8-9,11-15,17-18,24H,6-7,10,16H2,1-2H3/t17-,18+,24-/m0/s1. The van der Waals surface area contributed by atoms with E-state index in [0.29, 0.717) is 40.2 Å². The van der Waals surface area contributed by atoms with Crippen LogP contribution < -0.4 is 11.1 Å². The van der Waals surface area contributed by atoms with Crippen molar-refractivity contribution < 1.29 is 0 Å². The first kappa shape index (κ1) is 19.7. The van der Waals surface area contributed by atoms with Crippen molar-refractivity contribution in [3.8, 4) is 0 Å². The van der Waals surface area contributed by atoms with Crippen molar-refractivity contribution in [3.63, 3.8) is 0 Å². The highest BCUT2D eigenvalue weighted by Crippen LogP contribution is 2.37. The number of hydrogen-bond acceptors (Lipinski definition) is 3. The zero-order chi connectivity index (χ0) is 21.5. The van der Waals surface area contributed by atoms with Gasteiger partial charge in [-0.15, -0.1) is 0 Å². The second kappa shape index (κ2) is 7.80. The largest absolute Gasteiger partial charge is 0.312 e. The number of benzene rings is 1. The van der Waals surface area contributed by atoms with Gasteiger partial charge in [-0.25, -0.2) is 4.98 Å². The zero-order valence-electron chi connectivity index (χ0n) is 18.0. The molecule has 4 aromatic rings. The molecule has 0 bridgehead atoms. The van der Waals surface area contributed by atoms with Gasteiger partial charge < -0.3 is 9.13 Å². The van der Waals surface area contributed by atoms with E-state index in [9.17, 15) is 9.59 Å². The van der Waals surface area contributed by atoms with Crippen LogP contribution in [0.15, 0.2) is 70.5 Å². The van der Waals surface area contributed by atoms with Crippen molar-refractivity contribution in [2.24, 2.45) is 11.8 Å². The van der Waals surface area contributed by atoms with Crippen molar-refractivity contribution >= 4 is 21.8 Å². The van der Waals surface area contributed by atoms with Crippen molar-refractivity contribution in [2.75, 3.05) is 0 Å². The van der Waals surface area contributed by atoms with Gasteiger partial charge in [-0.3, -0.25) is 9.59 Å². The molecule has 1 aliphatic rings. The molecule has 0 spiro atoms. The molecule has 5 nitrogen and oxygen atoms in total. The third-order valence-electron chi connectivity index (χ3n) is 7.06. The van der Waals surface area contributed by atoms with Gasteiger partial charge in [0.15, 0.2) is 0 Å². The van der Waals surface area contributed by atoms with E-state index in [4.69, 9.17) is 0 Å². The Kier molecular flexibility index (Phi) is 4.97. The summed E-state index contributed by atoms with van der Waals surface area (Å²) in [5.41, 5.74) is 2.16. The number of aromatic nitrogens is 3. The molecule has 0 unspecified atom stereocenters. The first-order chi connectivity index (χ1) is 15.0. The molecule has 0 saturated heterocycles. The second-order valence-corrected chi connectivity index (χ2v) is 8.95. The predicted octanol–water partition coefficient (Wildman–Crippen LogP) is 4.76. The summed E-state index contributed by atoms with van der Waals surface area (Å²) in [5.74, 6) is 1.04. The van der Waals surface area contributed by atoms with Crippen LogP contribution in [0.4, 0.5) is 0 Å². The van der Waals surface area contributed by atoms with Crippen molar-refractivity contribution in [3.05, 3.63) is 87.2 Å². The predicted molar refractivity (Wildman–Crippen MR) is 125 cm³/mol. The maximum atomic E-state index is 13.4. The lowest BCUT2D eigenvalue weighted by Gasteiger charge is -2.35. The van der Waals surface area contributed by atoms with E-state index in [0.717, 1.165) is 18.4 Å². The summed E-state index contributed by atoms with van der Waals surface area (Å²) in [7, 11) is 0. The smallest absolute Gasteiger partial charge is 0.260 e. The van der Waals surface area contributed by atoms with E-state index in [1.165, 1.54) is 6.42 Å². The highest BCUT2D eigenvalue weighted by molar-refractivity contribution is 5.91. The summed E-state index contributed by atoms with van der Waals surface area (Å²) < 4.78 is 3.55. The summed E-state index contributed by atoms with van der Waals surface area (Å²) in [6, 6.07) is 15.6. The SMILES string of the molecule is C[C@@H]1[C@@H](C)CCC[C@@H]1n1ccc2nc3ccn(Cc4ccccc4)c(=O)c3cc2c1=O. The highest BCUT2D eigenvalue weighted by atomic mass is 16.1. The van der Waals surface area contributed by atoms with Crippen LogP contribution in [-0.2, 0) is 6.54 Å². The van der Waals surface area contributed by atoms with E-state index in [-0.39, 0.29) is 17.2 Å². The normalized spacial score (nSPS) is 21.5. The summed E-state index contributed by atoms with van der Waals surface area (Å²) >= 11 is 0. The van der Waals surface area contributed by atoms with Crippen LogP contribution in [0.1, 0.15) is 44.7 Å². The Morgan fingerprint density at radius 1 is 0.903 bits per heavy atom. The summed E-state index contributed by atoms with van der Waals surface area (Å²) in [5, 5.41) is 1.01. The topological polar surface area (TPSA) is 56.9 Å². The van der Waals surface area contributed by atoms with E-state index in [2.05, 4.69) is 18.8 Å². The molecular weight excluding hydrogens is 386 g/mol. The van der Waals surface area contributed by atoms with Crippen LogP contribution in [0.25, 0.3) is 21.8 Å². The van der Waals surface area contributed by atoms with Crippen molar-refractivity contribution in [1.82, 2.24) is 14.1 Å². The molecule has 0 aliphatic heterocycles. The Hall–Kier alpha value is -3.21. The van der Waals surface area contributed by atoms with Crippen LogP contribution >= 0.6 is 0 Å². The van der Waals surface area contributed by atoms with Crippen LogP contribution in [0.5, 0.6) is 0 Å². The monoisotopic (exact) mass is 413 g/mol. The molecule has 3 atom stereocenters. The van der Waals surface area contributed by atoms with Gasteiger partial charge in [-0.2, -0.15) is 0 Å². The van der Waals surface area contributed by atoms with Crippen LogP contribution in [0.3, 0.4) is 0 Å². The zero-order valence-corrected chi connectivity index (χ0v) is 18.0. The maximum Gasteiger partial charge on any atom is 0.260 e. The Morgan fingerprint density at radius 2 is 1.61 bits per heavy atom. The van der Waals surface area contributed by atoms with Gasteiger partial charge in [0.05, 0.1) is 28.4 Å². The van der Waals surface area contributed by atoms with E-state index in [1.807, 2.05) is 53.2 Å². The van der Waals surface area contributed by atoms with E-state index >= 15 is 0 Å². The molecule has 1 aliphatic carbocycles. The van der Waals surface area contributed by atoms with Crippen LogP contribution in [0.2, 0.25) is 0 Å². The van der Waals surface area contributed by atoms with Gasteiger partial charge in [-0.1, -0.05) is 57.0 Å². The minimum Gasteiger partial charge on any atom is -0.312 e. The maximum absolute atomic E-state index is 13.4. The minimum absolute atomic E-state index is 0.0456. The first-order valence-corrected chi connectivity index (χ1v) is 11.1. The van der Waals surface area contributed by atoms with Gasteiger partial charge in [0.2, 0.25) is 0 Å². The molecule has 0 N–H and O–H groups in total. The third kappa shape index (κ3) is 3.48. The number of nitrogens with zero attached hydrogens (tertiary/aromatic N) is 3. The molecule has 0 amide bonds. The molecule has 5 heteroatoms. The Labute approximate surface area is 181 Å². The Bertz CT molecular complexity index is 1370. The summed E-state index contributed by atoms with van der Waals surface area (Å²) in [6.07, 6.45) is 7.04. The first-order valence-electron chi connectivity index (χ1n) is 11.1. The Morgan fingerprint density at radius 3 is 2.39 bits per heavy atom. The third-order valence-corrected chi connectivity index (χ3v) is 7.06. The fourth-order valence-electron chi connectivity index (χ4n) is 4.99. The second-order valence-electron chi connectivity index (χ2n) is 8.95. The van der Waals surface area contributed by atoms with Gasteiger partial charge in [0.1, 0.15) is 0 Å². The van der Waals surface area contributed by atoms with Gasteiger partial charge in [0, 0.05) is 18.4 Å². The fraction of sp³-hybridized carbons (Fsp3) is 0.346. The molecule has 31 heavy (non-hydrogen) atoms. The lowest BCUT2D eigenvalue weighted by molar-refractivity contribution is 0.183. The molecule has 5 rings (SSSR count). The average Bonchev–Trinajstić information content (AvgIpc) is 2.78. The molecule has 158 valence electrons. The number of fused-ring (bicyclic) bond motifs is 2. The lowest BCUT2D eigenvalue weighted by Crippen LogP contribution is -2.33. The average molecular weight is 414 g/mol. The van der Waals surface area contributed by atoms with Gasteiger partial charge >= 0.3 is 0 Å². The quantitative estimate of drug-likeness (QED) is 0.455. The van der Waals surface area contributed by atoms with Gasteiger partial charge in [-0.05, 0) is 42.0 Å². The molecule has 1 aromatic carbocycles. The van der Waals surface area contributed by atoms with Gasteiger partial charge in [0.25, 0.3) is 11.1 Å². The summed E-state index contributed by atoms with van der Waals surface area (Å²) in [4.78, 5) is 31.2. The molecule has 3 heterocycles. The molecule has 3 aromatic heterocycles. The molecular formula is C26H27N3O2. The summed E-state index contributed by atoms with van der Waals surface area (Å²) in [6.45, 7) is 5.00. The number of pyridine rings is 3. The van der Waals surface area contributed by atoms with Crippen LogP contribution in [-0.4, -0.2) is 14.1 Å². The lowest BCUT2D eigenvalue weighted by atomic mass is 9.78. The number of rotatable bonds is 3. The molecule has 0 radical (unpaired) electrons. The van der Waals surface area contributed by atoms with E-state index in [1.54, 1.807) is 16.8 Å².